The predicted molar refractivity (Wildman–Crippen MR) is 92.7 cm³/mol. The van der Waals surface area contributed by atoms with Crippen LogP contribution in [0.1, 0.15) is 15.9 Å². The maximum atomic E-state index is 12.8. The number of hydrogen-bond donors (Lipinski definition) is 0. The van der Waals surface area contributed by atoms with Crippen LogP contribution in [0.5, 0.6) is 5.75 Å². The van der Waals surface area contributed by atoms with Gasteiger partial charge < -0.3 is 14.5 Å². The Kier molecular flexibility index (Phi) is 6.18. The van der Waals surface area contributed by atoms with E-state index >= 15 is 0 Å². The fraction of sp³-hybridized carbons (Fsp3) is 0.316. The van der Waals surface area contributed by atoms with Gasteiger partial charge in [0.15, 0.2) is 0 Å². The summed E-state index contributed by atoms with van der Waals surface area (Å²) in [7, 11) is 5.65. The molecule has 0 saturated heterocycles. The third kappa shape index (κ3) is 5.11. The second kappa shape index (κ2) is 8.34. The van der Waals surface area contributed by atoms with Gasteiger partial charge in [-0.05, 0) is 43.9 Å². The summed E-state index contributed by atoms with van der Waals surface area (Å²) in [4.78, 5) is 16.8. The molecule has 0 fully saturated rings. The molecule has 0 aliphatic heterocycles. The lowest BCUT2D eigenvalue weighted by Gasteiger charge is -2.25. The molecule has 2 aromatic carbocycles. The molecule has 2 aromatic rings. The van der Waals surface area contributed by atoms with E-state index in [-0.39, 0.29) is 5.91 Å². The quantitative estimate of drug-likeness (QED) is 0.788. The fourth-order valence-electron chi connectivity index (χ4n) is 2.29. The summed E-state index contributed by atoms with van der Waals surface area (Å²) in [5.41, 5.74) is 1.81. The Hall–Kier alpha value is -2.33. The highest BCUT2D eigenvalue weighted by molar-refractivity contribution is 5.94. The van der Waals surface area contributed by atoms with E-state index in [0.717, 1.165) is 17.9 Å². The first-order chi connectivity index (χ1) is 11.1. The van der Waals surface area contributed by atoms with Gasteiger partial charge in [0.05, 0.1) is 7.11 Å². The zero-order valence-electron chi connectivity index (χ0n) is 14.0. The lowest BCUT2D eigenvalue weighted by molar-refractivity contribution is 0.0732. The van der Waals surface area contributed by atoms with Crippen molar-refractivity contribution in [3.63, 3.8) is 0 Å². The molecule has 23 heavy (non-hydrogen) atoms. The predicted octanol–water partition coefficient (Wildman–Crippen LogP) is 2.90. The molecule has 0 heterocycles. The molecule has 0 aromatic heterocycles. The summed E-state index contributed by atoms with van der Waals surface area (Å²) in [6.07, 6.45) is 0. The van der Waals surface area contributed by atoms with Crippen molar-refractivity contribution >= 4 is 5.91 Å². The Morgan fingerprint density at radius 3 is 2.17 bits per heavy atom. The van der Waals surface area contributed by atoms with Gasteiger partial charge in [-0.25, -0.2) is 0 Å². The van der Waals surface area contributed by atoms with E-state index in [9.17, 15) is 4.79 Å². The van der Waals surface area contributed by atoms with Gasteiger partial charge in [0.25, 0.3) is 5.91 Å². The van der Waals surface area contributed by atoms with E-state index < -0.39 is 0 Å². The minimum absolute atomic E-state index is 0.0401. The zero-order chi connectivity index (χ0) is 16.7. The van der Waals surface area contributed by atoms with Gasteiger partial charge in [-0.2, -0.15) is 0 Å². The van der Waals surface area contributed by atoms with Gasteiger partial charge in [-0.1, -0.05) is 30.3 Å². The Morgan fingerprint density at radius 2 is 1.61 bits per heavy atom. The first-order valence-corrected chi connectivity index (χ1v) is 7.72. The van der Waals surface area contributed by atoms with E-state index in [1.165, 1.54) is 0 Å². The molecule has 122 valence electrons. The van der Waals surface area contributed by atoms with Crippen LogP contribution in [0.4, 0.5) is 0 Å². The van der Waals surface area contributed by atoms with Crippen LogP contribution in [-0.4, -0.2) is 50.0 Å². The summed E-state index contributed by atoms with van der Waals surface area (Å²) in [6, 6.07) is 17.3. The first-order valence-electron chi connectivity index (χ1n) is 7.72. The molecule has 0 aliphatic carbocycles. The summed E-state index contributed by atoms with van der Waals surface area (Å²) in [5, 5.41) is 0. The molecule has 0 radical (unpaired) electrons. The summed E-state index contributed by atoms with van der Waals surface area (Å²) < 4.78 is 5.15. The highest BCUT2D eigenvalue weighted by Crippen LogP contribution is 2.15. The van der Waals surface area contributed by atoms with Crippen molar-refractivity contribution in [2.24, 2.45) is 0 Å². The molecular weight excluding hydrogens is 288 g/mol. The van der Waals surface area contributed by atoms with Gasteiger partial charge in [-0.15, -0.1) is 0 Å². The number of amides is 1. The van der Waals surface area contributed by atoms with Crippen LogP contribution in [0.3, 0.4) is 0 Å². The van der Waals surface area contributed by atoms with Crippen LogP contribution in [0.2, 0.25) is 0 Å². The average Bonchev–Trinajstić information content (AvgIpc) is 2.59. The largest absolute Gasteiger partial charge is 0.497 e. The monoisotopic (exact) mass is 312 g/mol. The van der Waals surface area contributed by atoms with E-state index in [0.29, 0.717) is 18.7 Å². The Bertz CT molecular complexity index is 609. The Labute approximate surface area is 138 Å². The van der Waals surface area contributed by atoms with Crippen molar-refractivity contribution in [1.29, 1.82) is 0 Å². The SMILES string of the molecule is COc1ccc(C(=O)N(CCN(C)C)Cc2ccccc2)cc1. The maximum absolute atomic E-state index is 12.8. The zero-order valence-corrected chi connectivity index (χ0v) is 14.0. The van der Waals surface area contributed by atoms with Crippen LogP contribution in [0.15, 0.2) is 54.6 Å². The van der Waals surface area contributed by atoms with Crippen molar-refractivity contribution < 1.29 is 9.53 Å². The minimum Gasteiger partial charge on any atom is -0.497 e. The number of ether oxygens (including phenoxy) is 1. The molecule has 0 unspecified atom stereocenters. The molecule has 0 saturated carbocycles. The van der Waals surface area contributed by atoms with E-state index in [4.69, 9.17) is 4.74 Å². The smallest absolute Gasteiger partial charge is 0.254 e. The van der Waals surface area contributed by atoms with Crippen molar-refractivity contribution in [3.8, 4) is 5.75 Å². The number of likely N-dealkylation sites (N-methyl/N-ethyl adjacent to an activating group) is 1. The van der Waals surface area contributed by atoms with Gasteiger partial charge in [-0.3, -0.25) is 4.79 Å². The van der Waals surface area contributed by atoms with Crippen molar-refractivity contribution in [2.45, 2.75) is 6.54 Å². The van der Waals surface area contributed by atoms with Crippen LogP contribution in [0.25, 0.3) is 0 Å². The van der Waals surface area contributed by atoms with Gasteiger partial charge in [0.1, 0.15) is 5.75 Å². The number of rotatable bonds is 7. The number of nitrogens with zero attached hydrogens (tertiary/aromatic N) is 2. The molecule has 1 amide bonds. The fourth-order valence-corrected chi connectivity index (χ4v) is 2.29. The molecule has 4 nitrogen and oxygen atoms in total. The number of benzene rings is 2. The first kappa shape index (κ1) is 17.0. The highest BCUT2D eigenvalue weighted by atomic mass is 16.5. The van der Waals surface area contributed by atoms with Crippen molar-refractivity contribution in [1.82, 2.24) is 9.80 Å². The highest BCUT2D eigenvalue weighted by Gasteiger charge is 2.16. The van der Waals surface area contributed by atoms with Crippen LogP contribution in [-0.2, 0) is 6.54 Å². The normalized spacial score (nSPS) is 10.6. The molecule has 0 bridgehead atoms. The van der Waals surface area contributed by atoms with E-state index in [2.05, 4.69) is 4.90 Å². The van der Waals surface area contributed by atoms with Crippen LogP contribution < -0.4 is 4.74 Å². The molecule has 0 spiro atoms. The van der Waals surface area contributed by atoms with Gasteiger partial charge in [0.2, 0.25) is 0 Å². The lowest BCUT2D eigenvalue weighted by atomic mass is 10.1. The lowest BCUT2D eigenvalue weighted by Crippen LogP contribution is -2.36. The second-order valence-corrected chi connectivity index (χ2v) is 5.74. The maximum Gasteiger partial charge on any atom is 0.254 e. The summed E-state index contributed by atoms with van der Waals surface area (Å²) in [5.74, 6) is 0.794. The van der Waals surface area contributed by atoms with Crippen LogP contribution >= 0.6 is 0 Å². The van der Waals surface area contributed by atoms with Gasteiger partial charge in [0, 0.05) is 25.2 Å². The van der Waals surface area contributed by atoms with Gasteiger partial charge >= 0.3 is 0 Å². The minimum atomic E-state index is 0.0401. The van der Waals surface area contributed by atoms with Crippen molar-refractivity contribution in [2.75, 3.05) is 34.3 Å². The van der Waals surface area contributed by atoms with Crippen molar-refractivity contribution in [3.05, 3.63) is 65.7 Å². The average molecular weight is 312 g/mol. The Morgan fingerprint density at radius 1 is 0.957 bits per heavy atom. The van der Waals surface area contributed by atoms with E-state index in [1.807, 2.05) is 73.6 Å². The third-order valence-electron chi connectivity index (χ3n) is 3.66. The standard InChI is InChI=1S/C19H24N2O2/c1-20(2)13-14-21(15-16-7-5-4-6-8-16)19(22)17-9-11-18(23-3)12-10-17/h4-12H,13-15H2,1-3H3. The second-order valence-electron chi connectivity index (χ2n) is 5.74. The number of hydrogen-bond acceptors (Lipinski definition) is 3. The molecular formula is C19H24N2O2. The third-order valence-corrected chi connectivity index (χ3v) is 3.66. The molecule has 0 atom stereocenters. The van der Waals surface area contributed by atoms with E-state index in [1.54, 1.807) is 7.11 Å². The molecule has 2 rings (SSSR count). The number of carbonyl (C=O) groups excluding carboxylic acids is 1. The Balaban J connectivity index is 2.15. The number of methoxy groups -OCH3 is 1. The molecule has 0 aliphatic rings. The summed E-state index contributed by atoms with van der Waals surface area (Å²) >= 11 is 0. The molecule has 4 heteroatoms. The van der Waals surface area contributed by atoms with Crippen LogP contribution in [0, 0.1) is 0 Å². The summed E-state index contributed by atoms with van der Waals surface area (Å²) in [6.45, 7) is 2.13. The number of carbonyl (C=O) groups is 1. The topological polar surface area (TPSA) is 32.8 Å². The molecule has 0 N–H and O–H groups in total.